The zero-order valence-corrected chi connectivity index (χ0v) is 14.7. The molecule has 0 aliphatic rings. The molecule has 0 aliphatic heterocycles. The van der Waals surface area contributed by atoms with Crippen molar-refractivity contribution in [3.8, 4) is 0 Å². The number of hydrogen-bond acceptors (Lipinski definition) is 3. The normalized spacial score (nSPS) is 10.8. The third-order valence-corrected chi connectivity index (χ3v) is 3.95. The summed E-state index contributed by atoms with van der Waals surface area (Å²) < 4.78 is 11.6. The first-order valence-corrected chi connectivity index (χ1v) is 8.53. The summed E-state index contributed by atoms with van der Waals surface area (Å²) in [5.41, 5.74) is 10.3. The van der Waals surface area contributed by atoms with Gasteiger partial charge < -0.3 is 15.2 Å². The van der Waals surface area contributed by atoms with Crippen LogP contribution >= 0.6 is 0 Å². The van der Waals surface area contributed by atoms with E-state index < -0.39 is 0 Å². The molecule has 0 amide bonds. The van der Waals surface area contributed by atoms with Crippen LogP contribution in [0.1, 0.15) is 22.3 Å². The van der Waals surface area contributed by atoms with E-state index in [0.29, 0.717) is 33.0 Å². The molecule has 0 bridgehead atoms. The van der Waals surface area contributed by atoms with Gasteiger partial charge in [-0.25, -0.2) is 0 Å². The van der Waals surface area contributed by atoms with Crippen LogP contribution in [0.25, 0.3) is 12.2 Å². The summed E-state index contributed by atoms with van der Waals surface area (Å²) in [6.45, 7) is 10.4. The molecule has 0 fully saturated rings. The first kappa shape index (κ1) is 19.1. The van der Waals surface area contributed by atoms with E-state index in [-0.39, 0.29) is 5.92 Å². The Morgan fingerprint density at radius 1 is 0.840 bits per heavy atom. The molecule has 0 atom stereocenters. The van der Waals surface area contributed by atoms with Crippen molar-refractivity contribution in [3.05, 3.63) is 83.9 Å². The SMILES string of the molecule is C=Cc1cccc(COCC(CN)COCc2cccc(C=C)c2)c1. The van der Waals surface area contributed by atoms with E-state index >= 15 is 0 Å². The summed E-state index contributed by atoms with van der Waals surface area (Å²) in [5.74, 6) is 0.185. The van der Waals surface area contributed by atoms with E-state index in [0.717, 1.165) is 22.3 Å². The minimum Gasteiger partial charge on any atom is -0.376 e. The van der Waals surface area contributed by atoms with Crippen molar-refractivity contribution in [2.24, 2.45) is 11.7 Å². The number of hydrogen-bond donors (Lipinski definition) is 1. The first-order valence-electron chi connectivity index (χ1n) is 8.53. The van der Waals surface area contributed by atoms with Gasteiger partial charge in [0.1, 0.15) is 0 Å². The molecular formula is C22H27NO2. The highest BCUT2D eigenvalue weighted by atomic mass is 16.5. The second kappa shape index (κ2) is 10.6. The molecule has 0 saturated carbocycles. The fourth-order valence-electron chi connectivity index (χ4n) is 2.49. The molecule has 2 rings (SSSR count). The van der Waals surface area contributed by atoms with E-state index in [1.807, 2.05) is 48.6 Å². The van der Waals surface area contributed by atoms with Gasteiger partial charge in [0.05, 0.1) is 26.4 Å². The van der Waals surface area contributed by atoms with Crippen LogP contribution < -0.4 is 5.73 Å². The lowest BCUT2D eigenvalue weighted by molar-refractivity contribution is 0.0301. The van der Waals surface area contributed by atoms with Crippen LogP contribution in [-0.2, 0) is 22.7 Å². The molecule has 0 aromatic heterocycles. The largest absolute Gasteiger partial charge is 0.376 e. The average molecular weight is 337 g/mol. The smallest absolute Gasteiger partial charge is 0.0717 e. The van der Waals surface area contributed by atoms with Crippen LogP contribution in [-0.4, -0.2) is 19.8 Å². The Labute approximate surface area is 150 Å². The number of benzene rings is 2. The molecule has 25 heavy (non-hydrogen) atoms. The van der Waals surface area contributed by atoms with Gasteiger partial charge in [-0.3, -0.25) is 0 Å². The Kier molecular flexibility index (Phi) is 8.13. The summed E-state index contributed by atoms with van der Waals surface area (Å²) in [4.78, 5) is 0. The van der Waals surface area contributed by atoms with Crippen molar-refractivity contribution in [3.63, 3.8) is 0 Å². The lowest BCUT2D eigenvalue weighted by Gasteiger charge is -2.16. The number of nitrogens with two attached hydrogens (primary N) is 1. The van der Waals surface area contributed by atoms with Gasteiger partial charge in [-0.1, -0.05) is 61.7 Å². The van der Waals surface area contributed by atoms with Gasteiger partial charge in [-0.05, 0) is 40.9 Å². The zero-order valence-electron chi connectivity index (χ0n) is 14.7. The molecule has 2 aromatic rings. The predicted molar refractivity (Wildman–Crippen MR) is 105 cm³/mol. The van der Waals surface area contributed by atoms with Crippen LogP contribution in [0.3, 0.4) is 0 Å². The van der Waals surface area contributed by atoms with Crippen molar-refractivity contribution in [1.29, 1.82) is 0 Å². The molecular weight excluding hydrogens is 310 g/mol. The molecule has 0 aliphatic carbocycles. The Bertz CT molecular complexity index is 624. The van der Waals surface area contributed by atoms with E-state index in [4.69, 9.17) is 15.2 Å². The highest BCUT2D eigenvalue weighted by Crippen LogP contribution is 2.10. The fourth-order valence-corrected chi connectivity index (χ4v) is 2.49. The van der Waals surface area contributed by atoms with Crippen molar-refractivity contribution >= 4 is 12.2 Å². The zero-order chi connectivity index (χ0) is 17.9. The molecule has 2 N–H and O–H groups in total. The van der Waals surface area contributed by atoms with Gasteiger partial charge in [-0.2, -0.15) is 0 Å². The standard InChI is InChI=1S/C22H27NO2/c1-3-18-7-5-9-20(11-18)14-24-16-22(13-23)17-25-15-21-10-6-8-19(4-2)12-21/h3-12,22H,1-2,13-17,23H2. The summed E-state index contributed by atoms with van der Waals surface area (Å²) in [5, 5.41) is 0. The van der Waals surface area contributed by atoms with Crippen LogP contribution in [0.5, 0.6) is 0 Å². The first-order chi connectivity index (χ1) is 12.2. The minimum absolute atomic E-state index is 0.185. The average Bonchev–Trinajstić information content (AvgIpc) is 2.67. The highest BCUT2D eigenvalue weighted by molar-refractivity contribution is 5.48. The van der Waals surface area contributed by atoms with Gasteiger partial charge in [-0.15, -0.1) is 0 Å². The third kappa shape index (κ3) is 6.67. The predicted octanol–water partition coefficient (Wildman–Crippen LogP) is 4.28. The van der Waals surface area contributed by atoms with Gasteiger partial charge in [0.2, 0.25) is 0 Å². The summed E-state index contributed by atoms with van der Waals surface area (Å²) >= 11 is 0. The summed E-state index contributed by atoms with van der Waals surface area (Å²) in [6.07, 6.45) is 3.67. The van der Waals surface area contributed by atoms with Gasteiger partial charge >= 0.3 is 0 Å². The second-order valence-corrected chi connectivity index (χ2v) is 6.03. The Morgan fingerprint density at radius 2 is 1.32 bits per heavy atom. The Hall–Kier alpha value is -2.20. The second-order valence-electron chi connectivity index (χ2n) is 6.03. The monoisotopic (exact) mass is 337 g/mol. The minimum atomic E-state index is 0.185. The molecule has 0 unspecified atom stereocenters. The molecule has 0 heterocycles. The molecule has 2 aromatic carbocycles. The van der Waals surface area contributed by atoms with E-state index in [1.54, 1.807) is 0 Å². The van der Waals surface area contributed by atoms with Crippen molar-refractivity contribution in [2.75, 3.05) is 19.8 Å². The van der Waals surface area contributed by atoms with E-state index in [1.165, 1.54) is 0 Å². The Morgan fingerprint density at radius 3 is 1.72 bits per heavy atom. The highest BCUT2D eigenvalue weighted by Gasteiger charge is 2.08. The quantitative estimate of drug-likeness (QED) is 0.665. The topological polar surface area (TPSA) is 44.5 Å². The lowest BCUT2D eigenvalue weighted by atomic mass is 10.1. The maximum Gasteiger partial charge on any atom is 0.0717 e. The van der Waals surface area contributed by atoms with Gasteiger partial charge in [0, 0.05) is 5.92 Å². The van der Waals surface area contributed by atoms with Crippen LogP contribution in [0.4, 0.5) is 0 Å². The van der Waals surface area contributed by atoms with Crippen molar-refractivity contribution < 1.29 is 9.47 Å². The van der Waals surface area contributed by atoms with Crippen LogP contribution in [0.15, 0.2) is 61.7 Å². The molecule has 3 nitrogen and oxygen atoms in total. The summed E-state index contributed by atoms with van der Waals surface area (Å²) in [7, 11) is 0. The Balaban J connectivity index is 1.72. The van der Waals surface area contributed by atoms with Crippen LogP contribution in [0.2, 0.25) is 0 Å². The summed E-state index contributed by atoms with van der Waals surface area (Å²) in [6, 6.07) is 16.3. The van der Waals surface area contributed by atoms with E-state index in [2.05, 4.69) is 25.3 Å². The van der Waals surface area contributed by atoms with Gasteiger partial charge in [0.25, 0.3) is 0 Å². The van der Waals surface area contributed by atoms with Crippen molar-refractivity contribution in [2.45, 2.75) is 13.2 Å². The third-order valence-electron chi connectivity index (χ3n) is 3.95. The van der Waals surface area contributed by atoms with E-state index in [9.17, 15) is 0 Å². The molecule has 0 radical (unpaired) electrons. The maximum absolute atomic E-state index is 5.84. The molecule has 3 heteroatoms. The maximum atomic E-state index is 5.84. The van der Waals surface area contributed by atoms with Crippen LogP contribution in [0, 0.1) is 5.92 Å². The van der Waals surface area contributed by atoms with Crippen molar-refractivity contribution in [1.82, 2.24) is 0 Å². The number of rotatable bonds is 11. The molecule has 0 saturated heterocycles. The lowest BCUT2D eigenvalue weighted by Crippen LogP contribution is -2.24. The number of ether oxygens (including phenoxy) is 2. The fraction of sp³-hybridized carbons (Fsp3) is 0.273. The molecule has 132 valence electrons. The van der Waals surface area contributed by atoms with Gasteiger partial charge in [0.15, 0.2) is 0 Å². The molecule has 0 spiro atoms.